The summed E-state index contributed by atoms with van der Waals surface area (Å²) in [6.07, 6.45) is 3.48. The van der Waals surface area contributed by atoms with Crippen molar-refractivity contribution in [2.24, 2.45) is 11.8 Å². The Morgan fingerprint density at radius 3 is 2.29 bits per heavy atom. The molecule has 2 aromatic rings. The van der Waals surface area contributed by atoms with Crippen molar-refractivity contribution in [3.05, 3.63) is 83.9 Å². The highest BCUT2D eigenvalue weighted by Crippen LogP contribution is 2.54. The number of ether oxygens (including phenoxy) is 2. The van der Waals surface area contributed by atoms with Crippen LogP contribution in [0.2, 0.25) is 0 Å². The molecule has 2 fully saturated rings. The van der Waals surface area contributed by atoms with E-state index in [0.717, 1.165) is 11.1 Å². The Morgan fingerprint density at radius 2 is 1.71 bits per heavy atom. The summed E-state index contributed by atoms with van der Waals surface area (Å²) in [5.74, 6) is -1.56. The quantitative estimate of drug-likeness (QED) is 0.609. The molecular formula is C23H21NO4. The molecule has 1 spiro atoms. The van der Waals surface area contributed by atoms with Gasteiger partial charge in [-0.15, -0.1) is 0 Å². The molecule has 3 heterocycles. The summed E-state index contributed by atoms with van der Waals surface area (Å²) in [6, 6.07) is 19.7. The van der Waals surface area contributed by atoms with E-state index >= 15 is 0 Å². The standard InChI is InChI=1S/C23H21NO4/c1-27-22(26)18-17-12-13-23(28-17)14-24(21(25)19(18)23)20(15-8-4-2-5-9-15)16-10-6-3-7-11-16/h2-13,17-20H,14H2,1H3/t17-,18+,19+,23-/m1/s1. The Morgan fingerprint density at radius 1 is 1.11 bits per heavy atom. The van der Waals surface area contributed by atoms with Gasteiger partial charge in [-0.3, -0.25) is 9.59 Å². The number of hydrogen-bond donors (Lipinski definition) is 0. The van der Waals surface area contributed by atoms with Gasteiger partial charge in [0.15, 0.2) is 0 Å². The molecule has 4 atom stereocenters. The number of fused-ring (bicyclic) bond motifs is 1. The fraction of sp³-hybridized carbons (Fsp3) is 0.304. The van der Waals surface area contributed by atoms with Crippen molar-refractivity contribution in [2.75, 3.05) is 13.7 Å². The third-order valence-electron chi connectivity index (χ3n) is 6.15. The van der Waals surface area contributed by atoms with Gasteiger partial charge in [0, 0.05) is 0 Å². The van der Waals surface area contributed by atoms with Crippen molar-refractivity contribution in [1.82, 2.24) is 4.90 Å². The van der Waals surface area contributed by atoms with Crippen molar-refractivity contribution in [3.63, 3.8) is 0 Å². The first kappa shape index (κ1) is 17.2. The van der Waals surface area contributed by atoms with E-state index in [9.17, 15) is 9.59 Å². The maximum atomic E-state index is 13.6. The first-order chi connectivity index (χ1) is 13.6. The second-order valence-electron chi connectivity index (χ2n) is 7.61. The predicted molar refractivity (Wildman–Crippen MR) is 102 cm³/mol. The van der Waals surface area contributed by atoms with Crippen LogP contribution in [0.5, 0.6) is 0 Å². The Balaban J connectivity index is 1.58. The van der Waals surface area contributed by atoms with Crippen LogP contribution < -0.4 is 0 Å². The summed E-state index contributed by atoms with van der Waals surface area (Å²) >= 11 is 0. The molecule has 3 aliphatic rings. The van der Waals surface area contributed by atoms with Crippen molar-refractivity contribution in [1.29, 1.82) is 0 Å². The molecule has 28 heavy (non-hydrogen) atoms. The highest BCUT2D eigenvalue weighted by molar-refractivity contribution is 5.91. The average molecular weight is 375 g/mol. The molecule has 5 heteroatoms. The van der Waals surface area contributed by atoms with E-state index in [0.29, 0.717) is 6.54 Å². The number of benzene rings is 2. The minimum absolute atomic E-state index is 0.0556. The number of amides is 1. The molecule has 1 amide bonds. The second kappa shape index (κ2) is 6.31. The van der Waals surface area contributed by atoms with E-state index in [4.69, 9.17) is 9.47 Å². The number of methoxy groups -OCH3 is 1. The molecule has 0 N–H and O–H groups in total. The molecule has 0 unspecified atom stereocenters. The third kappa shape index (κ3) is 2.36. The van der Waals surface area contributed by atoms with Crippen molar-refractivity contribution >= 4 is 11.9 Å². The largest absolute Gasteiger partial charge is 0.469 e. The number of likely N-dealkylation sites (tertiary alicyclic amines) is 1. The van der Waals surface area contributed by atoms with Crippen molar-refractivity contribution in [3.8, 4) is 0 Å². The Bertz CT molecular complexity index is 902. The van der Waals surface area contributed by atoms with E-state index in [1.807, 2.05) is 77.7 Å². The summed E-state index contributed by atoms with van der Waals surface area (Å²) in [7, 11) is 1.36. The molecule has 0 aliphatic carbocycles. The molecule has 0 aromatic heterocycles. The van der Waals surface area contributed by atoms with Crippen molar-refractivity contribution in [2.45, 2.75) is 17.7 Å². The molecule has 0 radical (unpaired) electrons. The Hall–Kier alpha value is -2.92. The number of carbonyl (C=O) groups is 2. The Labute approximate surface area is 163 Å². The van der Waals surface area contributed by atoms with Gasteiger partial charge in [-0.05, 0) is 11.1 Å². The van der Waals surface area contributed by atoms with Gasteiger partial charge in [0.1, 0.15) is 11.5 Å². The van der Waals surface area contributed by atoms with E-state index in [1.165, 1.54) is 7.11 Å². The third-order valence-corrected chi connectivity index (χ3v) is 6.15. The minimum atomic E-state index is -0.748. The second-order valence-corrected chi connectivity index (χ2v) is 7.61. The van der Waals surface area contributed by atoms with E-state index < -0.39 is 17.4 Å². The van der Waals surface area contributed by atoms with Crippen LogP contribution in [-0.4, -0.2) is 42.1 Å². The summed E-state index contributed by atoms with van der Waals surface area (Å²) < 4.78 is 11.1. The van der Waals surface area contributed by atoms with Crippen LogP contribution in [0.4, 0.5) is 0 Å². The lowest BCUT2D eigenvalue weighted by atomic mass is 9.77. The molecule has 2 bridgehead atoms. The van der Waals surface area contributed by atoms with Gasteiger partial charge < -0.3 is 14.4 Å². The maximum absolute atomic E-state index is 13.6. The van der Waals surface area contributed by atoms with E-state index in [1.54, 1.807) is 0 Å². The van der Waals surface area contributed by atoms with Gasteiger partial charge in [-0.25, -0.2) is 0 Å². The molecular weight excluding hydrogens is 354 g/mol. The van der Waals surface area contributed by atoms with Crippen molar-refractivity contribution < 1.29 is 19.1 Å². The monoisotopic (exact) mass is 375 g/mol. The summed E-state index contributed by atoms with van der Waals surface area (Å²) in [5, 5.41) is 0. The maximum Gasteiger partial charge on any atom is 0.312 e. The number of nitrogens with zero attached hydrogens (tertiary/aromatic N) is 1. The first-order valence-electron chi connectivity index (χ1n) is 9.50. The fourth-order valence-electron chi connectivity index (χ4n) is 4.97. The van der Waals surface area contributed by atoms with Gasteiger partial charge in [-0.2, -0.15) is 0 Å². The van der Waals surface area contributed by atoms with Crippen LogP contribution in [0, 0.1) is 11.8 Å². The number of rotatable bonds is 4. The van der Waals surface area contributed by atoms with Gasteiger partial charge >= 0.3 is 5.97 Å². The molecule has 0 saturated carbocycles. The normalized spacial score (nSPS) is 30.1. The average Bonchev–Trinajstić information content (AvgIpc) is 3.38. The number of esters is 1. The highest BCUT2D eigenvalue weighted by Gasteiger charge is 2.68. The van der Waals surface area contributed by atoms with Crippen LogP contribution in [0.1, 0.15) is 17.2 Å². The SMILES string of the molecule is COC(=O)[C@@H]1[C@H]2C(=O)N(C(c3ccccc3)c3ccccc3)C[C@]23C=C[C@H]1O3. The van der Waals surface area contributed by atoms with E-state index in [2.05, 4.69) is 0 Å². The summed E-state index contributed by atoms with van der Waals surface area (Å²) in [6.45, 7) is 0.422. The predicted octanol–water partition coefficient (Wildman–Crippen LogP) is 2.73. The molecule has 142 valence electrons. The van der Waals surface area contributed by atoms with Crippen LogP contribution in [0.15, 0.2) is 72.8 Å². The zero-order valence-corrected chi connectivity index (χ0v) is 15.5. The van der Waals surface area contributed by atoms with Gasteiger partial charge in [0.2, 0.25) is 5.91 Å². The van der Waals surface area contributed by atoms with Crippen LogP contribution in [-0.2, 0) is 19.1 Å². The molecule has 2 aromatic carbocycles. The van der Waals surface area contributed by atoms with Gasteiger partial charge in [0.25, 0.3) is 0 Å². The van der Waals surface area contributed by atoms with Gasteiger partial charge in [0.05, 0.1) is 31.7 Å². The zero-order valence-electron chi connectivity index (χ0n) is 15.5. The lowest BCUT2D eigenvalue weighted by molar-refractivity contribution is -0.151. The summed E-state index contributed by atoms with van der Waals surface area (Å²) in [5.41, 5.74) is 1.32. The Kier molecular flexibility index (Phi) is 3.88. The zero-order chi connectivity index (χ0) is 19.3. The van der Waals surface area contributed by atoms with Crippen LogP contribution >= 0.6 is 0 Å². The fourth-order valence-corrected chi connectivity index (χ4v) is 4.97. The molecule has 2 saturated heterocycles. The minimum Gasteiger partial charge on any atom is -0.469 e. The van der Waals surface area contributed by atoms with Crippen LogP contribution in [0.3, 0.4) is 0 Å². The van der Waals surface area contributed by atoms with Gasteiger partial charge in [-0.1, -0.05) is 72.8 Å². The molecule has 5 nitrogen and oxygen atoms in total. The van der Waals surface area contributed by atoms with Crippen LogP contribution in [0.25, 0.3) is 0 Å². The molecule has 5 rings (SSSR count). The topological polar surface area (TPSA) is 55.8 Å². The number of hydrogen-bond acceptors (Lipinski definition) is 4. The summed E-state index contributed by atoms with van der Waals surface area (Å²) in [4.78, 5) is 27.9. The highest BCUT2D eigenvalue weighted by atomic mass is 16.5. The smallest absolute Gasteiger partial charge is 0.312 e. The van der Waals surface area contributed by atoms with E-state index in [-0.39, 0.29) is 24.0 Å². The number of carbonyl (C=O) groups excluding carboxylic acids is 2. The lowest BCUT2D eigenvalue weighted by Crippen LogP contribution is -2.40. The first-order valence-corrected chi connectivity index (χ1v) is 9.50. The molecule has 3 aliphatic heterocycles. The lowest BCUT2D eigenvalue weighted by Gasteiger charge is -2.31.